The largest absolute Gasteiger partial charge is 0.359 e. The molecule has 1 aromatic carbocycles. The van der Waals surface area contributed by atoms with Gasteiger partial charge in [0.05, 0.1) is 35.1 Å². The fraction of sp³-hybridized carbons (Fsp3) is 0.162. The first-order chi connectivity index (χ1) is 22.1. The van der Waals surface area contributed by atoms with Crippen LogP contribution in [0.15, 0.2) is 121 Å². The molecule has 9 rings (SSSR count). The lowest BCUT2D eigenvalue weighted by Gasteiger charge is -2.42. The first-order valence-corrected chi connectivity index (χ1v) is 15.2. The van der Waals surface area contributed by atoms with Gasteiger partial charge in [-0.3, -0.25) is 25.0 Å². The van der Waals surface area contributed by atoms with Gasteiger partial charge in [-0.2, -0.15) is 5.10 Å². The third-order valence-electron chi connectivity index (χ3n) is 10.1. The molecule has 8 nitrogen and oxygen atoms in total. The molecule has 6 aromatic rings. The lowest BCUT2D eigenvalue weighted by molar-refractivity contribution is 0.174. The zero-order valence-electron chi connectivity index (χ0n) is 25.2. The van der Waals surface area contributed by atoms with E-state index in [2.05, 4.69) is 89.4 Å². The molecule has 0 saturated heterocycles. The minimum atomic E-state index is -0.752. The van der Waals surface area contributed by atoms with E-state index in [-0.39, 0.29) is 0 Å². The van der Waals surface area contributed by atoms with E-state index in [1.807, 2.05) is 55.1 Å². The van der Waals surface area contributed by atoms with Gasteiger partial charge in [-0.15, -0.1) is 0 Å². The van der Waals surface area contributed by atoms with E-state index in [0.717, 1.165) is 68.5 Å². The SMILES string of the molecule is CC1=C(C)N(C2(c3ccc(C4(c5ccn[nH]5)c5ncccc5-c5cccnc54)cc3)c3ncccc3-c3cccnc32)CN1C. The van der Waals surface area contributed by atoms with Crippen LogP contribution in [0.25, 0.3) is 22.3 Å². The van der Waals surface area contributed by atoms with Crippen molar-refractivity contribution in [3.8, 4) is 22.3 Å². The molecule has 6 heterocycles. The predicted octanol–water partition coefficient (Wildman–Crippen LogP) is 6.08. The molecule has 45 heavy (non-hydrogen) atoms. The second-order valence-corrected chi connectivity index (χ2v) is 12.0. The molecule has 0 bridgehead atoms. The molecule has 8 heteroatoms. The number of pyridine rings is 4. The van der Waals surface area contributed by atoms with Gasteiger partial charge >= 0.3 is 0 Å². The van der Waals surface area contributed by atoms with Crippen molar-refractivity contribution < 1.29 is 0 Å². The van der Waals surface area contributed by atoms with Gasteiger partial charge < -0.3 is 9.80 Å². The van der Waals surface area contributed by atoms with Crippen molar-refractivity contribution in [2.45, 2.75) is 24.8 Å². The third kappa shape index (κ3) is 3.13. The third-order valence-corrected chi connectivity index (χ3v) is 10.1. The Hall–Kier alpha value is -5.63. The molecule has 5 aromatic heterocycles. The summed E-state index contributed by atoms with van der Waals surface area (Å²) in [7, 11) is 2.15. The molecule has 0 amide bonds. The van der Waals surface area contributed by atoms with Crippen molar-refractivity contribution in [1.82, 2.24) is 39.9 Å². The van der Waals surface area contributed by atoms with Crippen LogP contribution in [-0.4, -0.2) is 53.6 Å². The second-order valence-electron chi connectivity index (χ2n) is 12.0. The number of benzene rings is 1. The highest BCUT2D eigenvalue weighted by atomic mass is 15.4. The molecule has 2 aliphatic carbocycles. The number of aromatic nitrogens is 6. The Morgan fingerprint density at radius 2 is 1.07 bits per heavy atom. The smallest absolute Gasteiger partial charge is 0.153 e. The van der Waals surface area contributed by atoms with Crippen LogP contribution in [0.4, 0.5) is 0 Å². The van der Waals surface area contributed by atoms with Crippen LogP contribution >= 0.6 is 0 Å². The fourth-order valence-corrected chi connectivity index (χ4v) is 7.94. The normalized spacial score (nSPS) is 16.9. The minimum Gasteiger partial charge on any atom is -0.359 e. The van der Waals surface area contributed by atoms with E-state index < -0.39 is 11.0 Å². The minimum absolute atomic E-state index is 0.717. The quantitative estimate of drug-likeness (QED) is 0.267. The number of nitrogens with one attached hydrogen (secondary N) is 1. The number of hydrogen-bond donors (Lipinski definition) is 1. The van der Waals surface area contributed by atoms with Gasteiger partial charge in [-0.25, -0.2) is 0 Å². The van der Waals surface area contributed by atoms with Gasteiger partial charge in [-0.05, 0) is 55.3 Å². The molecule has 0 unspecified atom stereocenters. The number of rotatable bonds is 4. The number of allylic oxidation sites excluding steroid dienone is 2. The summed E-state index contributed by atoms with van der Waals surface area (Å²) in [5.41, 5.74) is 12.3. The zero-order valence-corrected chi connectivity index (χ0v) is 25.2. The molecule has 0 fully saturated rings. The van der Waals surface area contributed by atoms with Crippen molar-refractivity contribution in [2.24, 2.45) is 0 Å². The molecule has 3 aliphatic rings. The number of fused-ring (bicyclic) bond motifs is 6. The Kier molecular flexibility index (Phi) is 5.27. The van der Waals surface area contributed by atoms with E-state index >= 15 is 0 Å². The number of nitrogens with zero attached hydrogens (tertiary/aromatic N) is 7. The Morgan fingerprint density at radius 3 is 1.53 bits per heavy atom. The monoisotopic (exact) mass is 586 g/mol. The molecular weight excluding hydrogens is 556 g/mol. The van der Waals surface area contributed by atoms with Gasteiger partial charge in [-0.1, -0.05) is 48.5 Å². The zero-order chi connectivity index (χ0) is 30.3. The topological polar surface area (TPSA) is 86.7 Å². The fourth-order valence-electron chi connectivity index (χ4n) is 7.94. The lowest BCUT2D eigenvalue weighted by Crippen LogP contribution is -2.47. The summed E-state index contributed by atoms with van der Waals surface area (Å²) in [5.74, 6) is 0. The highest BCUT2D eigenvalue weighted by molar-refractivity contribution is 5.83. The maximum atomic E-state index is 5.09. The van der Waals surface area contributed by atoms with Crippen LogP contribution in [0.2, 0.25) is 0 Å². The maximum Gasteiger partial charge on any atom is 0.153 e. The van der Waals surface area contributed by atoms with E-state index in [0.29, 0.717) is 0 Å². The summed E-state index contributed by atoms with van der Waals surface area (Å²) in [6.07, 6.45) is 9.33. The van der Waals surface area contributed by atoms with Crippen molar-refractivity contribution >= 4 is 0 Å². The molecule has 0 atom stereocenters. The van der Waals surface area contributed by atoms with Crippen LogP contribution < -0.4 is 0 Å². The van der Waals surface area contributed by atoms with Gasteiger partial charge in [0.15, 0.2) is 5.54 Å². The predicted molar refractivity (Wildman–Crippen MR) is 172 cm³/mol. The number of aromatic amines is 1. The summed E-state index contributed by atoms with van der Waals surface area (Å²) < 4.78 is 0. The highest BCUT2D eigenvalue weighted by Crippen LogP contribution is 2.57. The summed E-state index contributed by atoms with van der Waals surface area (Å²) in [6.45, 7) is 5.11. The van der Waals surface area contributed by atoms with Gasteiger partial charge in [0.25, 0.3) is 0 Å². The maximum absolute atomic E-state index is 5.09. The van der Waals surface area contributed by atoms with Crippen molar-refractivity contribution in [3.05, 3.63) is 161 Å². The first-order valence-electron chi connectivity index (χ1n) is 15.2. The van der Waals surface area contributed by atoms with E-state index in [9.17, 15) is 0 Å². The van der Waals surface area contributed by atoms with Crippen LogP contribution in [0.5, 0.6) is 0 Å². The van der Waals surface area contributed by atoms with Gasteiger partial charge in [0.1, 0.15) is 5.41 Å². The summed E-state index contributed by atoms with van der Waals surface area (Å²) >= 11 is 0. The van der Waals surface area contributed by atoms with Crippen molar-refractivity contribution in [3.63, 3.8) is 0 Å². The summed E-state index contributed by atoms with van der Waals surface area (Å²) in [4.78, 5) is 24.9. The van der Waals surface area contributed by atoms with Crippen LogP contribution in [0, 0.1) is 0 Å². The molecular formula is C37H30N8. The lowest BCUT2D eigenvalue weighted by atomic mass is 9.73. The average molecular weight is 587 g/mol. The summed E-state index contributed by atoms with van der Waals surface area (Å²) in [6, 6.07) is 27.6. The van der Waals surface area contributed by atoms with Gasteiger partial charge in [0.2, 0.25) is 0 Å². The highest BCUT2D eigenvalue weighted by Gasteiger charge is 2.55. The standard InChI is InChI=1S/C37H30N8/c1-23-24(2)45(22-44(23)3)37(34-29(10-6-19-40-34)30-11-7-20-41-35(30)37)26-14-12-25(13-15-26)36(31-16-21-42-43-31)32-27(8-4-17-38-32)28-9-5-18-39-33(28)36/h4-21H,22H2,1-3H3,(H,42,43). The molecule has 1 N–H and O–H groups in total. The van der Waals surface area contributed by atoms with Crippen LogP contribution in [0.3, 0.4) is 0 Å². The van der Waals surface area contributed by atoms with Crippen molar-refractivity contribution in [2.75, 3.05) is 13.7 Å². The number of H-pyrrole nitrogens is 1. The Labute approximate surface area is 261 Å². The van der Waals surface area contributed by atoms with Gasteiger partial charge in [0, 0.05) is 71.7 Å². The molecule has 0 radical (unpaired) electrons. The molecule has 218 valence electrons. The molecule has 0 saturated carbocycles. The van der Waals surface area contributed by atoms with Crippen LogP contribution in [0.1, 0.15) is 53.4 Å². The Balaban J connectivity index is 1.32. The Morgan fingerprint density at radius 1 is 0.578 bits per heavy atom. The van der Waals surface area contributed by atoms with Crippen molar-refractivity contribution in [1.29, 1.82) is 0 Å². The Bertz CT molecular complexity index is 2060. The first kappa shape index (κ1) is 25.8. The van der Waals surface area contributed by atoms with E-state index in [1.54, 1.807) is 6.20 Å². The second kappa shape index (κ2) is 9.19. The molecule has 0 spiro atoms. The molecule has 1 aliphatic heterocycles. The van der Waals surface area contributed by atoms with Crippen LogP contribution in [-0.2, 0) is 11.0 Å². The number of hydrogen-bond acceptors (Lipinski definition) is 7. The van der Waals surface area contributed by atoms with E-state index in [4.69, 9.17) is 19.9 Å². The van der Waals surface area contributed by atoms with E-state index in [1.165, 1.54) is 11.4 Å². The average Bonchev–Trinajstić information content (AvgIpc) is 3.85. The summed E-state index contributed by atoms with van der Waals surface area (Å²) in [5, 5.41) is 7.68.